The summed E-state index contributed by atoms with van der Waals surface area (Å²) in [5.41, 5.74) is 1.54. The maximum Gasteiger partial charge on any atom is 0.147 e. The molecule has 1 N–H and O–H groups in total. The number of rotatable bonds is 3. The smallest absolute Gasteiger partial charge is 0.147 e. The van der Waals surface area contributed by atoms with Gasteiger partial charge in [-0.2, -0.15) is 0 Å². The minimum absolute atomic E-state index is 0.520. The van der Waals surface area contributed by atoms with E-state index in [0.717, 1.165) is 29.3 Å². The molecule has 0 aliphatic heterocycles. The van der Waals surface area contributed by atoms with Gasteiger partial charge in [0.25, 0.3) is 0 Å². The number of hydrogen-bond acceptors (Lipinski definition) is 3. The molecule has 0 amide bonds. The van der Waals surface area contributed by atoms with Crippen LogP contribution in [-0.2, 0) is 0 Å². The van der Waals surface area contributed by atoms with Crippen LogP contribution in [0.3, 0.4) is 0 Å². The molecule has 3 heteroatoms. The highest BCUT2D eigenvalue weighted by atomic mass is 15.0. The Morgan fingerprint density at radius 3 is 2.15 bits per heavy atom. The molecule has 4 fully saturated rings. The van der Waals surface area contributed by atoms with Crippen molar-refractivity contribution in [2.75, 3.05) is 5.32 Å². The fourth-order valence-corrected chi connectivity index (χ4v) is 5.62. The highest BCUT2D eigenvalue weighted by molar-refractivity contribution is 5.40. The van der Waals surface area contributed by atoms with E-state index in [1.807, 2.05) is 6.92 Å². The van der Waals surface area contributed by atoms with Crippen molar-refractivity contribution in [1.82, 2.24) is 9.97 Å². The maximum atomic E-state index is 4.47. The summed E-state index contributed by atoms with van der Waals surface area (Å²) < 4.78 is 0. The van der Waals surface area contributed by atoms with Crippen LogP contribution in [0, 0.1) is 30.1 Å². The van der Waals surface area contributed by atoms with Crippen molar-refractivity contribution in [3.63, 3.8) is 0 Å². The molecule has 20 heavy (non-hydrogen) atoms. The van der Waals surface area contributed by atoms with Crippen molar-refractivity contribution < 1.29 is 0 Å². The Balaban J connectivity index is 1.56. The molecule has 1 unspecified atom stereocenters. The van der Waals surface area contributed by atoms with Crippen LogP contribution in [0.1, 0.15) is 51.1 Å². The van der Waals surface area contributed by atoms with E-state index in [4.69, 9.17) is 0 Å². The summed E-state index contributed by atoms with van der Waals surface area (Å²) in [6, 6.07) is 0.520. The zero-order chi connectivity index (χ0) is 13.7. The Morgan fingerprint density at radius 2 is 1.60 bits per heavy atom. The third kappa shape index (κ3) is 1.94. The van der Waals surface area contributed by atoms with Gasteiger partial charge in [-0.25, -0.2) is 4.98 Å². The van der Waals surface area contributed by atoms with Crippen molar-refractivity contribution in [2.24, 2.45) is 23.2 Å². The van der Waals surface area contributed by atoms with E-state index < -0.39 is 0 Å². The lowest BCUT2D eigenvalue weighted by atomic mass is 9.48. The molecule has 0 spiro atoms. The summed E-state index contributed by atoms with van der Waals surface area (Å²) >= 11 is 0. The van der Waals surface area contributed by atoms with E-state index in [9.17, 15) is 0 Å². The SMILES string of the molecule is Cc1nccnc1NC(C)C12CC3CC(CC(C3)C1)C2. The van der Waals surface area contributed by atoms with E-state index in [1.165, 1.54) is 38.5 Å². The molecule has 0 radical (unpaired) electrons. The molecule has 1 atom stereocenters. The summed E-state index contributed by atoms with van der Waals surface area (Å²) in [5.74, 6) is 4.01. The largest absolute Gasteiger partial charge is 0.366 e. The highest BCUT2D eigenvalue weighted by Gasteiger charge is 2.53. The zero-order valence-corrected chi connectivity index (χ0v) is 12.6. The van der Waals surface area contributed by atoms with E-state index in [1.54, 1.807) is 12.4 Å². The molecule has 3 nitrogen and oxygen atoms in total. The summed E-state index contributed by atoms with van der Waals surface area (Å²) in [4.78, 5) is 8.83. The molecule has 4 aliphatic carbocycles. The molecule has 4 saturated carbocycles. The second-order valence-electron chi connectivity index (χ2n) is 7.64. The monoisotopic (exact) mass is 271 g/mol. The van der Waals surface area contributed by atoms with Gasteiger partial charge < -0.3 is 5.32 Å². The first-order valence-electron chi connectivity index (χ1n) is 8.19. The molecule has 4 bridgehead atoms. The standard InChI is InChI=1S/C17H25N3/c1-11-16(19-4-3-18-11)20-12(2)17-8-13-5-14(9-17)7-15(6-13)10-17/h3-4,12-15H,5-10H2,1-2H3,(H,19,20). The van der Waals surface area contributed by atoms with E-state index in [-0.39, 0.29) is 0 Å². The Kier molecular flexibility index (Phi) is 2.80. The predicted molar refractivity (Wildman–Crippen MR) is 80.5 cm³/mol. The summed E-state index contributed by atoms with van der Waals surface area (Å²) in [6.07, 6.45) is 12.4. The third-order valence-corrected chi connectivity index (χ3v) is 6.24. The van der Waals surface area contributed by atoms with Crippen molar-refractivity contribution in [3.05, 3.63) is 18.1 Å². The molecule has 108 valence electrons. The number of hydrogen-bond donors (Lipinski definition) is 1. The van der Waals surface area contributed by atoms with Crippen LogP contribution in [0.25, 0.3) is 0 Å². The summed E-state index contributed by atoms with van der Waals surface area (Å²) in [6.45, 7) is 4.42. The molecule has 1 aromatic rings. The van der Waals surface area contributed by atoms with Gasteiger partial charge in [-0.05, 0) is 75.5 Å². The first-order chi connectivity index (χ1) is 9.64. The van der Waals surface area contributed by atoms with Crippen molar-refractivity contribution in [2.45, 2.75) is 58.4 Å². The van der Waals surface area contributed by atoms with Gasteiger partial charge >= 0.3 is 0 Å². The van der Waals surface area contributed by atoms with Crippen molar-refractivity contribution in [3.8, 4) is 0 Å². The zero-order valence-electron chi connectivity index (χ0n) is 12.6. The van der Waals surface area contributed by atoms with Gasteiger partial charge in [0.15, 0.2) is 0 Å². The van der Waals surface area contributed by atoms with Crippen LogP contribution in [-0.4, -0.2) is 16.0 Å². The number of anilines is 1. The van der Waals surface area contributed by atoms with Gasteiger partial charge in [0.05, 0.1) is 5.69 Å². The summed E-state index contributed by atoms with van der Waals surface area (Å²) in [5, 5.41) is 3.69. The Morgan fingerprint density at radius 1 is 1.05 bits per heavy atom. The van der Waals surface area contributed by atoms with Gasteiger partial charge in [0.2, 0.25) is 0 Å². The van der Waals surface area contributed by atoms with Crippen LogP contribution in [0.15, 0.2) is 12.4 Å². The Labute approximate surface area is 121 Å². The number of nitrogens with one attached hydrogen (secondary N) is 1. The Bertz CT molecular complexity index is 475. The topological polar surface area (TPSA) is 37.8 Å². The minimum Gasteiger partial charge on any atom is -0.366 e. The normalized spacial score (nSPS) is 39.8. The van der Waals surface area contributed by atoms with E-state index in [2.05, 4.69) is 22.2 Å². The molecular formula is C17H25N3. The van der Waals surface area contributed by atoms with E-state index in [0.29, 0.717) is 11.5 Å². The average Bonchev–Trinajstić information content (AvgIpc) is 2.40. The molecule has 1 aromatic heterocycles. The van der Waals surface area contributed by atoms with Crippen LogP contribution < -0.4 is 5.32 Å². The lowest BCUT2D eigenvalue weighted by molar-refractivity contribution is -0.0603. The molecule has 1 heterocycles. The molecule has 0 aromatic carbocycles. The lowest BCUT2D eigenvalue weighted by Gasteiger charge is -2.59. The minimum atomic E-state index is 0.520. The van der Waals surface area contributed by atoms with E-state index >= 15 is 0 Å². The fourth-order valence-electron chi connectivity index (χ4n) is 5.62. The molecule has 5 rings (SSSR count). The van der Waals surface area contributed by atoms with Crippen LogP contribution in [0.2, 0.25) is 0 Å². The molecule has 4 aliphatic rings. The fraction of sp³-hybridized carbons (Fsp3) is 0.765. The van der Waals surface area contributed by atoms with Crippen LogP contribution in [0.4, 0.5) is 5.82 Å². The lowest BCUT2D eigenvalue weighted by Crippen LogP contribution is -2.53. The van der Waals surface area contributed by atoms with Gasteiger partial charge in [-0.1, -0.05) is 0 Å². The molecular weight excluding hydrogens is 246 g/mol. The van der Waals surface area contributed by atoms with Crippen molar-refractivity contribution in [1.29, 1.82) is 0 Å². The number of aryl methyl sites for hydroxylation is 1. The Hall–Kier alpha value is -1.12. The van der Waals surface area contributed by atoms with Gasteiger partial charge in [0, 0.05) is 18.4 Å². The highest BCUT2D eigenvalue weighted by Crippen LogP contribution is 2.61. The van der Waals surface area contributed by atoms with Gasteiger partial charge in [-0.15, -0.1) is 0 Å². The quantitative estimate of drug-likeness (QED) is 0.908. The third-order valence-electron chi connectivity index (χ3n) is 6.24. The number of nitrogens with zero attached hydrogens (tertiary/aromatic N) is 2. The van der Waals surface area contributed by atoms with Gasteiger partial charge in [0.1, 0.15) is 5.82 Å². The van der Waals surface area contributed by atoms with Crippen LogP contribution >= 0.6 is 0 Å². The predicted octanol–water partition coefficient (Wildman–Crippen LogP) is 3.80. The van der Waals surface area contributed by atoms with Gasteiger partial charge in [-0.3, -0.25) is 4.98 Å². The first-order valence-corrected chi connectivity index (χ1v) is 8.19. The first kappa shape index (κ1) is 12.6. The second kappa shape index (κ2) is 4.44. The summed E-state index contributed by atoms with van der Waals surface area (Å²) in [7, 11) is 0. The number of aromatic nitrogens is 2. The van der Waals surface area contributed by atoms with Crippen molar-refractivity contribution >= 4 is 5.82 Å². The maximum absolute atomic E-state index is 4.47. The van der Waals surface area contributed by atoms with Crippen LogP contribution in [0.5, 0.6) is 0 Å². The average molecular weight is 271 g/mol. The second-order valence-corrected chi connectivity index (χ2v) is 7.64. The molecule has 0 saturated heterocycles.